The third-order valence-electron chi connectivity index (χ3n) is 12.5. The molecule has 4 aromatic rings. The number of ether oxygens (including phenoxy) is 5. The van der Waals surface area contributed by atoms with Gasteiger partial charge in [0.05, 0.1) is 48.3 Å². The van der Waals surface area contributed by atoms with Gasteiger partial charge in [0.2, 0.25) is 0 Å². The quantitative estimate of drug-likeness (QED) is 0.104. The molecule has 4 fully saturated rings. The van der Waals surface area contributed by atoms with Gasteiger partial charge in [0.1, 0.15) is 16.8 Å². The summed E-state index contributed by atoms with van der Waals surface area (Å²) >= 11 is 0. The van der Waals surface area contributed by atoms with E-state index < -0.39 is 46.5 Å². The van der Waals surface area contributed by atoms with E-state index in [1.165, 1.54) is 0 Å². The zero-order valence-corrected chi connectivity index (χ0v) is 40.6. The lowest BCUT2D eigenvalue weighted by Crippen LogP contribution is -2.64. The second-order valence-electron chi connectivity index (χ2n) is 22.5. The van der Waals surface area contributed by atoms with Crippen LogP contribution in [0.15, 0.2) is 48.8 Å². The fourth-order valence-electron chi connectivity index (χ4n) is 11.6. The lowest BCUT2D eigenvalue weighted by atomic mass is 9.39. The van der Waals surface area contributed by atoms with Crippen molar-refractivity contribution in [2.75, 3.05) is 19.8 Å². The summed E-state index contributed by atoms with van der Waals surface area (Å²) in [5.74, 6) is -1.00. The van der Waals surface area contributed by atoms with Gasteiger partial charge in [-0.3, -0.25) is 9.67 Å². The highest BCUT2D eigenvalue weighted by molar-refractivity contribution is 6.04. The fourth-order valence-corrected chi connectivity index (χ4v) is 11.6. The predicted molar refractivity (Wildman–Crippen MR) is 246 cm³/mol. The van der Waals surface area contributed by atoms with Crippen molar-refractivity contribution in [1.29, 1.82) is 0 Å². The van der Waals surface area contributed by atoms with Gasteiger partial charge < -0.3 is 23.7 Å². The number of benzene rings is 1. The average Bonchev–Trinajstić information content (AvgIpc) is 3.50. The number of hydrogen-bond acceptors (Lipinski definition) is 12. The fraction of sp³-hybridized carbons (Fsp3) is 0.588. The number of amides is 2. The van der Waals surface area contributed by atoms with Crippen LogP contribution in [0.5, 0.6) is 0 Å². The van der Waals surface area contributed by atoms with E-state index in [-0.39, 0.29) is 41.7 Å². The zero-order valence-electron chi connectivity index (χ0n) is 40.6. The Morgan fingerprint density at radius 1 is 0.754 bits per heavy atom. The van der Waals surface area contributed by atoms with Crippen LogP contribution in [0.25, 0.3) is 33.3 Å². The number of pyridine rings is 2. The van der Waals surface area contributed by atoms with Gasteiger partial charge in [0.15, 0.2) is 5.69 Å². The summed E-state index contributed by atoms with van der Waals surface area (Å²) in [5, 5.41) is 5.60. The standard InChI is InChI=1S/C51H67N5O9/c1-14-61-41(57)35-19-20-52-39-17-15-33(23-36(35)39)38-18-16-34(40(54-38)42(58)63-45(3,4)5)37-24-53-56(32(37)2)31-50-26-48(12)25-49(13,27-50)29-51(28-48,30-50)62-22-21-55(43(59)64-46(6,7)8)44(60)65-47(9,10)11/h15-20,23-24H,14,21-22,25-31H2,1-13H3. The van der Waals surface area contributed by atoms with E-state index in [2.05, 4.69) is 23.5 Å². The van der Waals surface area contributed by atoms with Crippen molar-refractivity contribution in [3.05, 3.63) is 65.7 Å². The summed E-state index contributed by atoms with van der Waals surface area (Å²) in [5.41, 5.74) is 1.73. The van der Waals surface area contributed by atoms with E-state index in [1.807, 2.05) is 64.2 Å². The minimum atomic E-state index is -0.802. The van der Waals surface area contributed by atoms with E-state index in [0.29, 0.717) is 39.8 Å². The van der Waals surface area contributed by atoms with Crippen LogP contribution in [-0.4, -0.2) is 90.9 Å². The molecular formula is C51H67N5O9. The maximum Gasteiger partial charge on any atom is 0.419 e. The number of esters is 2. The third kappa shape index (κ3) is 10.5. The molecule has 65 heavy (non-hydrogen) atoms. The van der Waals surface area contributed by atoms with Gasteiger partial charge in [-0.15, -0.1) is 0 Å². The summed E-state index contributed by atoms with van der Waals surface area (Å²) < 4.78 is 31.5. The van der Waals surface area contributed by atoms with Gasteiger partial charge in [0.25, 0.3) is 0 Å². The normalized spacial score (nSPS) is 23.9. The summed E-state index contributed by atoms with van der Waals surface area (Å²) in [4.78, 5) is 64.0. The van der Waals surface area contributed by atoms with E-state index in [4.69, 9.17) is 33.8 Å². The minimum absolute atomic E-state index is 0.00681. The maximum atomic E-state index is 14.1. The number of imide groups is 1. The van der Waals surface area contributed by atoms with E-state index in [0.717, 1.165) is 54.7 Å². The van der Waals surface area contributed by atoms with Crippen LogP contribution in [-0.2, 0) is 30.2 Å². The summed E-state index contributed by atoms with van der Waals surface area (Å²) in [6.45, 7) is 25.6. The topological polar surface area (TPSA) is 161 Å². The Labute approximate surface area is 383 Å². The summed E-state index contributed by atoms with van der Waals surface area (Å²) in [6.07, 6.45) is 7.54. The van der Waals surface area contributed by atoms with Gasteiger partial charge in [0, 0.05) is 40.5 Å². The average molecular weight is 894 g/mol. The van der Waals surface area contributed by atoms with Gasteiger partial charge >= 0.3 is 24.1 Å². The molecule has 2 atom stereocenters. The van der Waals surface area contributed by atoms with Crippen molar-refractivity contribution >= 4 is 35.0 Å². The molecule has 4 bridgehead atoms. The van der Waals surface area contributed by atoms with Gasteiger partial charge in [-0.25, -0.2) is 29.1 Å². The van der Waals surface area contributed by atoms with Crippen molar-refractivity contribution in [3.63, 3.8) is 0 Å². The SMILES string of the molecule is CCOC(=O)c1ccnc2ccc(-c3ccc(-c4cnn(CC56CC7(C)CC(C)(C5)CC(OCCN(C(=O)OC(C)(C)C)C(=O)OC(C)(C)C)(C7)C6)c4C)c(C(=O)OC(C)(C)C)n3)cc12. The van der Waals surface area contributed by atoms with Gasteiger partial charge in [-0.1, -0.05) is 19.9 Å². The zero-order chi connectivity index (χ0) is 47.5. The smallest absolute Gasteiger partial charge is 0.419 e. The van der Waals surface area contributed by atoms with E-state index in [9.17, 15) is 19.2 Å². The molecule has 1 aromatic carbocycles. The maximum absolute atomic E-state index is 14.1. The Kier molecular flexibility index (Phi) is 12.3. The first kappa shape index (κ1) is 47.6. The number of carbonyl (C=O) groups excluding carboxylic acids is 4. The molecule has 0 aliphatic heterocycles. The molecule has 4 saturated carbocycles. The van der Waals surface area contributed by atoms with Crippen LogP contribution >= 0.6 is 0 Å². The molecule has 14 nitrogen and oxygen atoms in total. The minimum Gasteiger partial charge on any atom is -0.462 e. The van der Waals surface area contributed by atoms with Crippen molar-refractivity contribution in [1.82, 2.24) is 24.6 Å². The monoisotopic (exact) mass is 893 g/mol. The lowest BCUT2D eigenvalue weighted by Gasteiger charge is -2.69. The molecule has 0 radical (unpaired) electrons. The molecule has 4 aliphatic carbocycles. The van der Waals surface area contributed by atoms with Crippen LogP contribution < -0.4 is 0 Å². The Morgan fingerprint density at radius 3 is 1.98 bits per heavy atom. The number of nitrogens with zero attached hydrogens (tertiary/aromatic N) is 5. The third-order valence-corrected chi connectivity index (χ3v) is 12.5. The second-order valence-corrected chi connectivity index (χ2v) is 22.5. The van der Waals surface area contributed by atoms with Crippen molar-refractivity contribution in [2.45, 2.75) is 157 Å². The van der Waals surface area contributed by atoms with E-state index >= 15 is 0 Å². The highest BCUT2D eigenvalue weighted by Crippen LogP contribution is 2.72. The first-order chi connectivity index (χ1) is 30.1. The van der Waals surface area contributed by atoms with Gasteiger partial charge in [-0.2, -0.15) is 5.10 Å². The van der Waals surface area contributed by atoms with Crippen molar-refractivity contribution in [2.24, 2.45) is 16.2 Å². The highest BCUT2D eigenvalue weighted by Gasteiger charge is 2.66. The molecular weight excluding hydrogens is 827 g/mol. The Hall–Kier alpha value is -5.37. The number of aromatic nitrogens is 4. The molecule has 2 unspecified atom stereocenters. The molecule has 14 heteroatoms. The van der Waals surface area contributed by atoms with Crippen LogP contribution in [0.2, 0.25) is 0 Å². The molecule has 3 heterocycles. The Bertz CT molecular complexity index is 2460. The lowest BCUT2D eigenvalue weighted by molar-refractivity contribution is -0.248. The number of fused-ring (bicyclic) bond motifs is 1. The van der Waals surface area contributed by atoms with E-state index in [1.54, 1.807) is 60.7 Å². The molecule has 0 saturated heterocycles. The van der Waals surface area contributed by atoms with Crippen LogP contribution in [0.3, 0.4) is 0 Å². The molecule has 0 N–H and O–H groups in total. The Balaban J connectivity index is 1.18. The molecule has 2 amide bonds. The summed E-state index contributed by atoms with van der Waals surface area (Å²) in [6, 6.07) is 10.9. The molecule has 0 spiro atoms. The molecule has 3 aromatic heterocycles. The first-order valence-corrected chi connectivity index (χ1v) is 22.8. The van der Waals surface area contributed by atoms with Crippen LogP contribution in [0, 0.1) is 23.2 Å². The Morgan fingerprint density at radius 2 is 1.38 bits per heavy atom. The van der Waals surface area contributed by atoms with Crippen LogP contribution in [0.1, 0.15) is 148 Å². The number of rotatable bonds is 11. The second kappa shape index (κ2) is 16.8. The highest BCUT2D eigenvalue weighted by atomic mass is 16.6. The molecule has 8 rings (SSSR count). The molecule has 350 valence electrons. The van der Waals surface area contributed by atoms with Crippen molar-refractivity contribution in [3.8, 4) is 22.4 Å². The summed E-state index contributed by atoms with van der Waals surface area (Å²) in [7, 11) is 0. The first-order valence-electron chi connectivity index (χ1n) is 22.8. The largest absolute Gasteiger partial charge is 0.462 e. The predicted octanol–water partition coefficient (Wildman–Crippen LogP) is 10.9. The number of hydrogen-bond donors (Lipinski definition) is 0. The number of carbonyl (C=O) groups is 4. The van der Waals surface area contributed by atoms with Crippen molar-refractivity contribution < 1.29 is 42.9 Å². The molecule has 4 aliphatic rings. The van der Waals surface area contributed by atoms with Crippen LogP contribution in [0.4, 0.5) is 9.59 Å². The van der Waals surface area contributed by atoms with Gasteiger partial charge in [-0.05, 0) is 161 Å².